The maximum absolute atomic E-state index is 12.6. The molecule has 0 saturated carbocycles. The minimum Gasteiger partial charge on any atom is -0.382 e. The Bertz CT molecular complexity index is 1490. The summed E-state index contributed by atoms with van der Waals surface area (Å²) in [5.74, 6) is 0.843. The summed E-state index contributed by atoms with van der Waals surface area (Å²) in [6.45, 7) is 0.465. The van der Waals surface area contributed by atoms with E-state index in [1.54, 1.807) is 0 Å². The third kappa shape index (κ3) is 11.9. The van der Waals surface area contributed by atoms with Gasteiger partial charge in [-0.05, 0) is 31.8 Å². The summed E-state index contributed by atoms with van der Waals surface area (Å²) in [6, 6.07) is 0.366. The highest BCUT2D eigenvalue weighted by atomic mass is 32.2. The topological polar surface area (TPSA) is 216 Å². The molecule has 0 bridgehead atoms. The van der Waals surface area contributed by atoms with Crippen LogP contribution < -0.4 is 27.2 Å². The van der Waals surface area contributed by atoms with Crippen molar-refractivity contribution < 1.29 is 42.4 Å². The summed E-state index contributed by atoms with van der Waals surface area (Å²) < 4.78 is 33.6. The van der Waals surface area contributed by atoms with Crippen molar-refractivity contribution in [2.24, 2.45) is 0 Å². The number of unbranched alkanes of at least 4 members (excludes halogenated alkanes) is 5. The number of aromatic amines is 1. The van der Waals surface area contributed by atoms with Crippen LogP contribution in [0.15, 0.2) is 21.9 Å². The molecule has 0 aliphatic carbocycles. The molecular weight excluding hydrogens is 681 g/mol. The predicted octanol–water partition coefficient (Wildman–Crippen LogP) is 2.37. The zero-order valence-corrected chi connectivity index (χ0v) is 29.6. The third-order valence-electron chi connectivity index (χ3n) is 8.79. The van der Waals surface area contributed by atoms with Gasteiger partial charge in [0.25, 0.3) is 5.56 Å². The lowest BCUT2D eigenvalue weighted by Gasteiger charge is -2.19. The highest BCUT2D eigenvalue weighted by Gasteiger charge is 2.43. The second-order valence-corrected chi connectivity index (χ2v) is 15.2. The number of carbonyl (C=O) groups is 3. The van der Waals surface area contributed by atoms with Gasteiger partial charge in [0.1, 0.15) is 24.2 Å². The van der Waals surface area contributed by atoms with Crippen LogP contribution in [0, 0.1) is 0 Å². The molecule has 0 aromatic carbocycles. The van der Waals surface area contributed by atoms with Crippen molar-refractivity contribution in [2.45, 2.75) is 106 Å². The van der Waals surface area contributed by atoms with Gasteiger partial charge in [-0.25, -0.2) is 14.2 Å². The van der Waals surface area contributed by atoms with Gasteiger partial charge < -0.3 is 30.3 Å². The average molecular weight is 730 g/mol. The van der Waals surface area contributed by atoms with Crippen molar-refractivity contribution in [1.29, 1.82) is 0 Å². The van der Waals surface area contributed by atoms with E-state index in [9.17, 15) is 33.4 Å². The largest absolute Gasteiger partial charge is 0.472 e. The van der Waals surface area contributed by atoms with E-state index in [-0.39, 0.29) is 36.7 Å². The summed E-state index contributed by atoms with van der Waals surface area (Å²) in [7, 11) is -1.90. The van der Waals surface area contributed by atoms with Crippen LogP contribution in [0.5, 0.6) is 0 Å². The van der Waals surface area contributed by atoms with Crippen LogP contribution in [0.25, 0.3) is 6.08 Å². The number of aromatic nitrogens is 2. The first-order valence-corrected chi connectivity index (χ1v) is 19.3. The van der Waals surface area contributed by atoms with Crippen LogP contribution in [0.2, 0.25) is 0 Å². The molecule has 0 radical (unpaired) electrons. The van der Waals surface area contributed by atoms with Crippen molar-refractivity contribution in [1.82, 2.24) is 25.5 Å². The quantitative estimate of drug-likeness (QED) is 0.0534. The van der Waals surface area contributed by atoms with Crippen molar-refractivity contribution in [3.05, 3.63) is 38.7 Å². The monoisotopic (exact) mass is 729 g/mol. The second kappa shape index (κ2) is 19.0. The zero-order valence-electron chi connectivity index (χ0n) is 27.9. The first kappa shape index (κ1) is 39.0. The van der Waals surface area contributed by atoms with Crippen LogP contribution in [0.4, 0.5) is 4.79 Å². The van der Waals surface area contributed by atoms with Gasteiger partial charge in [0, 0.05) is 63.3 Å². The highest BCUT2D eigenvalue weighted by Crippen LogP contribution is 2.47. The SMILES string of the molecule is COC[C@H]1O[C@@H](n2cc(/C=C/C(=O)NCCCCCCCC(=O)CCCCC3SCC4NC(=O)NC43)c(=O)[nH]c2=O)C[C@H]1OP(=O)(O)OC. The molecule has 4 rings (SSSR count). The van der Waals surface area contributed by atoms with Crippen molar-refractivity contribution in [3.63, 3.8) is 0 Å². The van der Waals surface area contributed by atoms with Crippen LogP contribution in [-0.2, 0) is 32.7 Å². The highest BCUT2D eigenvalue weighted by molar-refractivity contribution is 8.00. The lowest BCUT2D eigenvalue weighted by Crippen LogP contribution is -2.36. The van der Waals surface area contributed by atoms with Gasteiger partial charge in [0.05, 0.1) is 24.3 Å². The number of rotatable bonds is 21. The number of methoxy groups -OCH3 is 1. The summed E-state index contributed by atoms with van der Waals surface area (Å²) in [5, 5.41) is 9.15. The number of ether oxygens (including phenoxy) is 2. The molecule has 18 heteroatoms. The fourth-order valence-electron chi connectivity index (χ4n) is 6.19. The van der Waals surface area contributed by atoms with Gasteiger partial charge in [-0.2, -0.15) is 11.8 Å². The van der Waals surface area contributed by atoms with E-state index in [0.717, 1.165) is 68.8 Å². The molecule has 3 saturated heterocycles. The first-order valence-electron chi connectivity index (χ1n) is 16.7. The van der Waals surface area contributed by atoms with Gasteiger partial charge >= 0.3 is 19.5 Å². The number of H-pyrrole nitrogens is 1. The molecule has 49 heavy (non-hydrogen) atoms. The predicted molar refractivity (Wildman–Crippen MR) is 182 cm³/mol. The number of urea groups is 1. The summed E-state index contributed by atoms with van der Waals surface area (Å²) in [6.07, 6.45) is 9.58. The number of ketones is 1. The number of phosphoric acid groups is 1. The summed E-state index contributed by atoms with van der Waals surface area (Å²) in [5.41, 5.74) is -1.42. The van der Waals surface area contributed by atoms with E-state index < -0.39 is 43.4 Å². The zero-order chi connectivity index (χ0) is 35.4. The number of nitrogens with zero attached hydrogens (tertiary/aromatic N) is 1. The minimum absolute atomic E-state index is 0.00365. The van der Waals surface area contributed by atoms with Crippen LogP contribution >= 0.6 is 19.6 Å². The van der Waals surface area contributed by atoms with Gasteiger partial charge in [-0.15, -0.1) is 0 Å². The molecular formula is C31H48N5O11PS. The number of Topliss-reactive ketones (excluding diaryl/α,β-unsaturated/α-hetero) is 1. The average Bonchev–Trinajstić information content (AvgIpc) is 3.74. The number of hydrogen-bond donors (Lipinski definition) is 5. The van der Waals surface area contributed by atoms with E-state index in [4.69, 9.17) is 14.0 Å². The van der Waals surface area contributed by atoms with Crippen molar-refractivity contribution in [2.75, 3.05) is 33.1 Å². The molecule has 4 heterocycles. The van der Waals surface area contributed by atoms with Gasteiger partial charge in [0.2, 0.25) is 5.91 Å². The lowest BCUT2D eigenvalue weighted by molar-refractivity contribution is -0.119. The van der Waals surface area contributed by atoms with E-state index in [0.29, 0.717) is 30.4 Å². The smallest absolute Gasteiger partial charge is 0.382 e. The van der Waals surface area contributed by atoms with E-state index >= 15 is 0 Å². The van der Waals surface area contributed by atoms with Gasteiger partial charge in [-0.3, -0.25) is 33.0 Å². The first-order chi connectivity index (χ1) is 23.5. The molecule has 7 atom stereocenters. The molecule has 1 aromatic rings. The standard InChI is InChI=1S/C31H48N5O11PS/c1-44-18-24-23(47-48(42,43)45-2)16-27(46-24)36-17-20(29(39)35-31(36)41)13-14-26(38)32-15-9-5-3-4-6-10-21(37)11-7-8-12-25-28-22(19-49-25)33-30(40)34-28/h13-14,17,22-25,27-28H,3-12,15-16,18-19H2,1-2H3,(H,32,38)(H,42,43)(H2,33,34,40)(H,35,39,41)/b14-13+/t22?,23-,24-,25?,27-,28?/m1/s1. The van der Waals surface area contributed by atoms with E-state index in [2.05, 4.69) is 25.5 Å². The Kier molecular flexibility index (Phi) is 15.1. The number of carbonyl (C=O) groups excluding carboxylic acids is 3. The number of hydrogen-bond acceptors (Lipinski definition) is 11. The number of thioether (sulfide) groups is 1. The third-order valence-corrected chi connectivity index (χ3v) is 11.3. The molecule has 3 aliphatic rings. The maximum atomic E-state index is 12.6. The van der Waals surface area contributed by atoms with Crippen LogP contribution in [0.3, 0.4) is 0 Å². The Morgan fingerprint density at radius 1 is 1.10 bits per heavy atom. The Morgan fingerprint density at radius 3 is 2.59 bits per heavy atom. The van der Waals surface area contributed by atoms with Crippen LogP contribution in [-0.4, -0.2) is 94.8 Å². The number of nitrogens with one attached hydrogen (secondary N) is 4. The number of phosphoric ester groups is 1. The summed E-state index contributed by atoms with van der Waals surface area (Å²) in [4.78, 5) is 73.0. The molecule has 3 amide bonds. The van der Waals surface area contributed by atoms with Gasteiger partial charge in [0.15, 0.2) is 0 Å². The lowest BCUT2D eigenvalue weighted by atomic mass is 10.0. The van der Waals surface area contributed by atoms with Gasteiger partial charge in [-0.1, -0.05) is 25.7 Å². The van der Waals surface area contributed by atoms with E-state index in [1.165, 1.54) is 25.5 Å². The molecule has 3 aliphatic heterocycles. The Labute approximate surface area is 289 Å². The second-order valence-electron chi connectivity index (χ2n) is 12.4. The number of amides is 3. The number of fused-ring (bicyclic) bond motifs is 1. The molecule has 1 aromatic heterocycles. The van der Waals surface area contributed by atoms with Crippen molar-refractivity contribution in [3.8, 4) is 0 Å². The Balaban J connectivity index is 1.09. The molecule has 274 valence electrons. The molecule has 3 fully saturated rings. The molecule has 4 unspecified atom stereocenters. The molecule has 16 nitrogen and oxygen atoms in total. The molecule has 5 N–H and O–H groups in total. The van der Waals surface area contributed by atoms with E-state index in [1.807, 2.05) is 11.8 Å². The Morgan fingerprint density at radius 2 is 1.84 bits per heavy atom. The van der Waals surface area contributed by atoms with Crippen LogP contribution in [0.1, 0.15) is 82.4 Å². The normalized spacial score (nSPS) is 26.0. The fraction of sp³-hybridized carbons (Fsp3) is 0.710. The Hall–Kier alpha value is -2.79. The minimum atomic E-state index is -4.34. The summed E-state index contributed by atoms with van der Waals surface area (Å²) >= 11 is 1.89. The maximum Gasteiger partial charge on any atom is 0.472 e. The fourth-order valence-corrected chi connectivity index (χ4v) is 8.39. The molecule has 0 spiro atoms. The van der Waals surface area contributed by atoms with Crippen molar-refractivity contribution >= 4 is 43.4 Å².